The summed E-state index contributed by atoms with van der Waals surface area (Å²) in [6.07, 6.45) is 5.00. The summed E-state index contributed by atoms with van der Waals surface area (Å²) in [5, 5.41) is 17.6. The van der Waals surface area contributed by atoms with Crippen LogP contribution in [0.1, 0.15) is 25.8 Å². The smallest absolute Gasteiger partial charge is 0.0695 e. The van der Waals surface area contributed by atoms with E-state index in [2.05, 4.69) is 39.9 Å². The molecule has 1 aliphatic rings. The highest BCUT2D eigenvalue weighted by Crippen LogP contribution is 2.25. The van der Waals surface area contributed by atoms with Crippen LogP contribution >= 0.6 is 11.6 Å². The van der Waals surface area contributed by atoms with Crippen molar-refractivity contribution in [3.63, 3.8) is 0 Å². The van der Waals surface area contributed by atoms with Crippen LogP contribution in [-0.4, -0.2) is 63.9 Å². The van der Waals surface area contributed by atoms with Crippen LogP contribution in [0.4, 0.5) is 0 Å². The predicted molar refractivity (Wildman–Crippen MR) is 111 cm³/mol. The minimum Gasteiger partial charge on any atom is -0.396 e. The van der Waals surface area contributed by atoms with Gasteiger partial charge in [-0.05, 0) is 38.0 Å². The molecule has 1 saturated heterocycles. The number of aliphatic hydroxyl groups is 1. The topological polar surface area (TPSA) is 55.4 Å². The molecular formula is C21H29ClN4O. The molecule has 0 unspecified atom stereocenters. The summed E-state index contributed by atoms with van der Waals surface area (Å²) in [6, 6.07) is 8.23. The van der Waals surface area contributed by atoms with Crippen molar-refractivity contribution in [2.45, 2.75) is 32.9 Å². The van der Waals surface area contributed by atoms with Crippen molar-refractivity contribution in [2.75, 3.05) is 32.8 Å². The molecule has 0 spiro atoms. The van der Waals surface area contributed by atoms with Gasteiger partial charge >= 0.3 is 0 Å². The molecule has 27 heavy (non-hydrogen) atoms. The number of hydrogen-bond donors (Lipinski definition) is 2. The zero-order valence-electron chi connectivity index (χ0n) is 16.2. The number of H-pyrrole nitrogens is 1. The van der Waals surface area contributed by atoms with E-state index in [1.54, 1.807) is 0 Å². The standard InChI is InChI=1S/C21H29ClN4O/c1-16(2)7-9-26-11-10-25(15-20(26)8-12-27)14-18-13-23-24-21(18)17-3-5-19(22)6-4-17/h3-7,13,20,27H,8-12,14-15H2,1-2H3,(H,23,24)/t20-/m0/s1. The lowest BCUT2D eigenvalue weighted by atomic mass is 10.1. The summed E-state index contributed by atoms with van der Waals surface area (Å²) in [5.41, 5.74) is 4.68. The molecule has 1 fully saturated rings. The summed E-state index contributed by atoms with van der Waals surface area (Å²) < 4.78 is 0. The largest absolute Gasteiger partial charge is 0.396 e. The quantitative estimate of drug-likeness (QED) is 0.712. The van der Waals surface area contributed by atoms with E-state index in [4.69, 9.17) is 11.6 Å². The Bertz CT molecular complexity index is 752. The first-order chi connectivity index (χ1) is 13.1. The Balaban J connectivity index is 1.67. The number of allylic oxidation sites excluding steroid dienone is 1. The second-order valence-electron chi connectivity index (χ2n) is 7.45. The molecule has 1 atom stereocenters. The number of benzene rings is 1. The lowest BCUT2D eigenvalue weighted by Crippen LogP contribution is -2.53. The molecule has 2 heterocycles. The molecule has 0 saturated carbocycles. The number of aliphatic hydroxyl groups excluding tert-OH is 1. The molecule has 5 nitrogen and oxygen atoms in total. The van der Waals surface area contributed by atoms with Gasteiger partial charge in [0.15, 0.2) is 0 Å². The van der Waals surface area contributed by atoms with E-state index in [1.807, 2.05) is 30.5 Å². The van der Waals surface area contributed by atoms with Crippen LogP contribution in [0.25, 0.3) is 11.3 Å². The normalized spacial score (nSPS) is 18.6. The summed E-state index contributed by atoms with van der Waals surface area (Å²) in [7, 11) is 0. The van der Waals surface area contributed by atoms with Crippen molar-refractivity contribution < 1.29 is 5.11 Å². The number of nitrogens with zero attached hydrogens (tertiary/aromatic N) is 3. The first-order valence-electron chi connectivity index (χ1n) is 9.55. The maximum atomic E-state index is 9.49. The number of piperazine rings is 1. The number of aromatic nitrogens is 2. The maximum absolute atomic E-state index is 9.49. The minimum absolute atomic E-state index is 0.228. The van der Waals surface area contributed by atoms with Crippen molar-refractivity contribution in [2.24, 2.45) is 0 Å². The van der Waals surface area contributed by atoms with Crippen LogP contribution in [0.15, 0.2) is 42.1 Å². The third kappa shape index (κ3) is 5.42. The molecule has 0 radical (unpaired) electrons. The Kier molecular flexibility index (Phi) is 7.07. The highest BCUT2D eigenvalue weighted by molar-refractivity contribution is 6.30. The molecule has 1 aliphatic heterocycles. The van der Waals surface area contributed by atoms with E-state index in [1.165, 1.54) is 11.1 Å². The van der Waals surface area contributed by atoms with E-state index in [0.29, 0.717) is 6.04 Å². The van der Waals surface area contributed by atoms with Gasteiger partial charge in [-0.1, -0.05) is 35.4 Å². The summed E-state index contributed by atoms with van der Waals surface area (Å²) in [4.78, 5) is 4.94. The number of nitrogens with one attached hydrogen (secondary N) is 1. The predicted octanol–water partition coefficient (Wildman–Crippen LogP) is 3.56. The number of halogens is 1. The van der Waals surface area contributed by atoms with Gasteiger partial charge in [-0.2, -0.15) is 5.10 Å². The average Bonchev–Trinajstić information content (AvgIpc) is 3.10. The van der Waals surface area contributed by atoms with Crippen LogP contribution in [0.3, 0.4) is 0 Å². The van der Waals surface area contributed by atoms with Crippen molar-refractivity contribution in [1.82, 2.24) is 20.0 Å². The fraction of sp³-hybridized carbons (Fsp3) is 0.476. The second kappa shape index (κ2) is 9.51. The van der Waals surface area contributed by atoms with Crippen molar-refractivity contribution in [3.8, 4) is 11.3 Å². The van der Waals surface area contributed by atoms with E-state index >= 15 is 0 Å². The maximum Gasteiger partial charge on any atom is 0.0695 e. The van der Waals surface area contributed by atoms with Gasteiger partial charge in [-0.3, -0.25) is 14.9 Å². The molecule has 6 heteroatoms. The molecule has 1 aromatic heterocycles. The Morgan fingerprint density at radius 2 is 2.07 bits per heavy atom. The van der Waals surface area contributed by atoms with Gasteiger partial charge in [-0.25, -0.2) is 0 Å². The molecule has 146 valence electrons. The van der Waals surface area contributed by atoms with E-state index in [-0.39, 0.29) is 6.61 Å². The Morgan fingerprint density at radius 3 is 2.78 bits per heavy atom. The molecule has 2 N–H and O–H groups in total. The van der Waals surface area contributed by atoms with Crippen molar-refractivity contribution >= 4 is 11.6 Å². The van der Waals surface area contributed by atoms with Crippen molar-refractivity contribution in [1.29, 1.82) is 0 Å². The lowest BCUT2D eigenvalue weighted by molar-refractivity contribution is 0.0637. The van der Waals surface area contributed by atoms with Gasteiger partial charge in [0.05, 0.1) is 11.9 Å². The van der Waals surface area contributed by atoms with Gasteiger partial charge in [0.2, 0.25) is 0 Å². The Hall–Kier alpha value is -1.66. The monoisotopic (exact) mass is 388 g/mol. The summed E-state index contributed by atoms with van der Waals surface area (Å²) in [5.74, 6) is 0. The second-order valence-corrected chi connectivity index (χ2v) is 7.89. The minimum atomic E-state index is 0.228. The highest BCUT2D eigenvalue weighted by atomic mass is 35.5. The molecule has 0 aliphatic carbocycles. The van der Waals surface area contributed by atoms with Crippen LogP contribution in [0.5, 0.6) is 0 Å². The van der Waals surface area contributed by atoms with Gasteiger partial charge in [0.25, 0.3) is 0 Å². The first-order valence-corrected chi connectivity index (χ1v) is 9.93. The summed E-state index contributed by atoms with van der Waals surface area (Å²) >= 11 is 6.01. The van der Waals surface area contributed by atoms with Gasteiger partial charge < -0.3 is 5.11 Å². The lowest BCUT2D eigenvalue weighted by Gasteiger charge is -2.41. The van der Waals surface area contributed by atoms with Crippen LogP contribution in [0, 0.1) is 0 Å². The van der Waals surface area contributed by atoms with Gasteiger partial charge in [0, 0.05) is 56.0 Å². The van der Waals surface area contributed by atoms with Crippen LogP contribution in [-0.2, 0) is 6.54 Å². The Labute approximate surface area is 166 Å². The fourth-order valence-electron chi connectivity index (χ4n) is 3.60. The molecule has 0 amide bonds. The van der Waals surface area contributed by atoms with Gasteiger partial charge in [-0.15, -0.1) is 0 Å². The molecule has 3 rings (SSSR count). The number of aromatic amines is 1. The zero-order chi connectivity index (χ0) is 19.2. The van der Waals surface area contributed by atoms with E-state index < -0.39 is 0 Å². The molecule has 2 aromatic rings. The fourth-order valence-corrected chi connectivity index (χ4v) is 3.73. The number of rotatable bonds is 7. The third-order valence-electron chi connectivity index (χ3n) is 5.13. The van der Waals surface area contributed by atoms with Crippen molar-refractivity contribution in [3.05, 3.63) is 52.7 Å². The average molecular weight is 389 g/mol. The SMILES string of the molecule is CC(C)=CCN1CCN(Cc2cn[nH]c2-c2ccc(Cl)cc2)C[C@@H]1CCO. The zero-order valence-corrected chi connectivity index (χ0v) is 16.9. The van der Waals surface area contributed by atoms with Crippen LogP contribution in [0.2, 0.25) is 5.02 Å². The molecule has 0 bridgehead atoms. The third-order valence-corrected chi connectivity index (χ3v) is 5.38. The van der Waals surface area contributed by atoms with E-state index in [9.17, 15) is 5.11 Å². The van der Waals surface area contributed by atoms with Crippen LogP contribution < -0.4 is 0 Å². The van der Waals surface area contributed by atoms with Gasteiger partial charge in [0.1, 0.15) is 0 Å². The number of hydrogen-bond acceptors (Lipinski definition) is 4. The van der Waals surface area contributed by atoms with E-state index in [0.717, 1.165) is 55.4 Å². The highest BCUT2D eigenvalue weighted by Gasteiger charge is 2.26. The Morgan fingerprint density at radius 1 is 1.30 bits per heavy atom. The molecular weight excluding hydrogens is 360 g/mol. The summed E-state index contributed by atoms with van der Waals surface area (Å²) in [6.45, 7) is 9.30. The molecule has 1 aromatic carbocycles. The first kappa shape index (κ1) is 20.1.